The number of hydrogen-bond donors (Lipinski definition) is 2. The van der Waals surface area contributed by atoms with Crippen LogP contribution in [0.25, 0.3) is 0 Å². The van der Waals surface area contributed by atoms with Crippen molar-refractivity contribution in [3.8, 4) is 0 Å². The quantitative estimate of drug-likeness (QED) is 0.748. The molecule has 0 aromatic carbocycles. The maximum absolute atomic E-state index is 12.5. The minimum atomic E-state index is -1.04. The first-order valence-corrected chi connectivity index (χ1v) is 7.45. The van der Waals surface area contributed by atoms with Crippen LogP contribution < -0.4 is 0 Å². The fourth-order valence-electron chi connectivity index (χ4n) is 3.26. The number of rotatable bonds is 2. The van der Waals surface area contributed by atoms with Crippen molar-refractivity contribution in [1.29, 1.82) is 0 Å². The van der Waals surface area contributed by atoms with Gasteiger partial charge in [-0.05, 0) is 12.8 Å². The largest absolute Gasteiger partial charge is 0.480 e. The van der Waals surface area contributed by atoms with Crippen LogP contribution in [0.3, 0.4) is 0 Å². The lowest BCUT2D eigenvalue weighted by molar-refractivity contribution is -0.141. The van der Waals surface area contributed by atoms with Crippen molar-refractivity contribution in [2.24, 2.45) is 0 Å². The van der Waals surface area contributed by atoms with Gasteiger partial charge in [-0.3, -0.25) is 0 Å². The van der Waals surface area contributed by atoms with Gasteiger partial charge in [0, 0.05) is 26.1 Å². The van der Waals surface area contributed by atoms with Gasteiger partial charge in [0.25, 0.3) is 0 Å². The molecule has 0 unspecified atom stereocenters. The third-order valence-corrected chi connectivity index (χ3v) is 4.48. The van der Waals surface area contributed by atoms with Gasteiger partial charge >= 0.3 is 12.0 Å². The molecule has 2 fully saturated rings. The third kappa shape index (κ3) is 3.23. The predicted octanol–water partition coefficient (Wildman–Crippen LogP) is 1.28. The van der Waals surface area contributed by atoms with E-state index >= 15 is 0 Å². The summed E-state index contributed by atoms with van der Waals surface area (Å²) >= 11 is 0. The molecular formula is C14H24N2O4. The highest BCUT2D eigenvalue weighted by molar-refractivity contribution is 5.83. The molecule has 2 atom stereocenters. The van der Waals surface area contributed by atoms with Gasteiger partial charge in [-0.2, -0.15) is 0 Å². The summed E-state index contributed by atoms with van der Waals surface area (Å²) in [5.41, 5.74) is 0. The highest BCUT2D eigenvalue weighted by Crippen LogP contribution is 2.25. The van der Waals surface area contributed by atoms with Crippen LogP contribution in [0.4, 0.5) is 4.79 Å². The molecule has 2 amide bonds. The molecule has 0 aromatic heterocycles. The van der Waals surface area contributed by atoms with Gasteiger partial charge in [0.1, 0.15) is 6.04 Å². The first-order chi connectivity index (χ1) is 9.50. The van der Waals surface area contributed by atoms with E-state index in [1.807, 2.05) is 0 Å². The zero-order valence-corrected chi connectivity index (χ0v) is 12.0. The number of carbonyl (C=O) groups excluding carboxylic acids is 1. The van der Waals surface area contributed by atoms with E-state index in [-0.39, 0.29) is 25.0 Å². The van der Waals surface area contributed by atoms with E-state index in [1.165, 1.54) is 17.7 Å². The molecule has 1 saturated heterocycles. The average Bonchev–Trinajstić information content (AvgIpc) is 2.64. The molecule has 0 radical (unpaired) electrons. The molecule has 1 aliphatic carbocycles. The number of carboxylic acids is 1. The Labute approximate surface area is 119 Å². The number of carbonyl (C=O) groups is 2. The standard InChI is InChI=1S/C14H24N2O4/c1-15(10-6-4-2-3-5-7-10)14(20)16-9-11(17)8-12(16)13(18)19/h10-12,17H,2-9H2,1H3,(H,18,19)/t11-,12-/m0/s1. The molecule has 20 heavy (non-hydrogen) atoms. The number of amides is 2. The summed E-state index contributed by atoms with van der Waals surface area (Å²) in [6, 6.07) is -0.969. The van der Waals surface area contributed by atoms with E-state index in [1.54, 1.807) is 11.9 Å². The van der Waals surface area contributed by atoms with E-state index in [9.17, 15) is 14.7 Å². The Morgan fingerprint density at radius 2 is 1.75 bits per heavy atom. The van der Waals surface area contributed by atoms with Gasteiger partial charge in [0.15, 0.2) is 0 Å². The van der Waals surface area contributed by atoms with Gasteiger partial charge in [0.05, 0.1) is 6.10 Å². The summed E-state index contributed by atoms with van der Waals surface area (Å²) < 4.78 is 0. The highest BCUT2D eigenvalue weighted by atomic mass is 16.4. The van der Waals surface area contributed by atoms with Crippen LogP contribution in [0.1, 0.15) is 44.9 Å². The Balaban J connectivity index is 2.03. The van der Waals surface area contributed by atoms with Crippen LogP contribution in [-0.4, -0.2) is 63.8 Å². The average molecular weight is 284 g/mol. The maximum atomic E-state index is 12.5. The van der Waals surface area contributed by atoms with Crippen LogP contribution in [0.5, 0.6) is 0 Å². The molecule has 0 bridgehead atoms. The normalized spacial score (nSPS) is 28.2. The van der Waals surface area contributed by atoms with E-state index in [2.05, 4.69) is 0 Å². The molecule has 1 aliphatic heterocycles. The minimum absolute atomic E-state index is 0.118. The molecule has 2 rings (SSSR count). The van der Waals surface area contributed by atoms with Gasteiger partial charge in [-0.15, -0.1) is 0 Å². The minimum Gasteiger partial charge on any atom is -0.480 e. The van der Waals surface area contributed by atoms with E-state index in [0.29, 0.717) is 0 Å². The summed E-state index contributed by atoms with van der Waals surface area (Å²) in [6.07, 6.45) is 6.01. The van der Waals surface area contributed by atoms with E-state index < -0.39 is 18.1 Å². The number of hydrogen-bond acceptors (Lipinski definition) is 3. The first-order valence-electron chi connectivity index (χ1n) is 7.45. The number of nitrogens with zero attached hydrogens (tertiary/aromatic N) is 2. The van der Waals surface area contributed by atoms with Crippen LogP contribution in [0.15, 0.2) is 0 Å². The molecular weight excluding hydrogens is 260 g/mol. The molecule has 6 heteroatoms. The number of aliphatic hydroxyl groups excluding tert-OH is 1. The zero-order valence-electron chi connectivity index (χ0n) is 12.0. The fourth-order valence-corrected chi connectivity index (χ4v) is 3.26. The number of β-amino-alcohol motifs (C(OH)–C–C–N with tert-alkyl or cyclic N) is 1. The Morgan fingerprint density at radius 3 is 2.30 bits per heavy atom. The molecule has 0 aromatic rings. The van der Waals surface area contributed by atoms with Crippen LogP contribution in [-0.2, 0) is 4.79 Å². The molecule has 6 nitrogen and oxygen atoms in total. The molecule has 114 valence electrons. The number of carboxylic acid groups (broad SMARTS) is 1. The second kappa shape index (κ2) is 6.43. The molecule has 1 heterocycles. The van der Waals surface area contributed by atoms with Crippen molar-refractivity contribution in [2.75, 3.05) is 13.6 Å². The van der Waals surface area contributed by atoms with Crippen molar-refractivity contribution in [3.05, 3.63) is 0 Å². The van der Waals surface area contributed by atoms with Gasteiger partial charge in [-0.25, -0.2) is 9.59 Å². The Morgan fingerprint density at radius 1 is 1.15 bits per heavy atom. The number of aliphatic carboxylic acids is 1. The van der Waals surface area contributed by atoms with Crippen molar-refractivity contribution in [3.63, 3.8) is 0 Å². The Bertz CT molecular complexity index is 366. The first kappa shape index (κ1) is 15.1. The number of urea groups is 1. The van der Waals surface area contributed by atoms with Gasteiger partial charge in [0.2, 0.25) is 0 Å². The summed E-state index contributed by atoms with van der Waals surface area (Å²) in [7, 11) is 1.75. The lowest BCUT2D eigenvalue weighted by Crippen LogP contribution is -2.50. The number of aliphatic hydroxyl groups is 1. The smallest absolute Gasteiger partial charge is 0.326 e. The highest BCUT2D eigenvalue weighted by Gasteiger charge is 2.41. The van der Waals surface area contributed by atoms with Gasteiger partial charge in [-0.1, -0.05) is 25.7 Å². The summed E-state index contributed by atoms with van der Waals surface area (Å²) in [4.78, 5) is 26.7. The zero-order chi connectivity index (χ0) is 14.7. The van der Waals surface area contributed by atoms with Crippen molar-refractivity contribution in [1.82, 2.24) is 9.80 Å². The van der Waals surface area contributed by atoms with Gasteiger partial charge < -0.3 is 20.0 Å². The lowest BCUT2D eigenvalue weighted by atomic mass is 10.1. The third-order valence-electron chi connectivity index (χ3n) is 4.48. The van der Waals surface area contributed by atoms with Crippen LogP contribution in [0, 0.1) is 0 Å². The summed E-state index contributed by atoms with van der Waals surface area (Å²) in [5, 5.41) is 18.8. The molecule has 2 aliphatic rings. The monoisotopic (exact) mass is 284 g/mol. The SMILES string of the molecule is CN(C(=O)N1C[C@@H](O)C[C@H]1C(=O)O)C1CCCCCC1. The molecule has 2 N–H and O–H groups in total. The Hall–Kier alpha value is -1.30. The summed E-state index contributed by atoms with van der Waals surface area (Å²) in [6.45, 7) is 0.118. The van der Waals surface area contributed by atoms with Crippen LogP contribution >= 0.6 is 0 Å². The lowest BCUT2D eigenvalue weighted by Gasteiger charge is -2.32. The van der Waals surface area contributed by atoms with E-state index in [0.717, 1.165) is 25.7 Å². The van der Waals surface area contributed by atoms with Crippen LogP contribution in [0.2, 0.25) is 0 Å². The molecule has 1 saturated carbocycles. The maximum Gasteiger partial charge on any atom is 0.326 e. The van der Waals surface area contributed by atoms with Crippen molar-refractivity contribution >= 4 is 12.0 Å². The van der Waals surface area contributed by atoms with Crippen molar-refractivity contribution < 1.29 is 19.8 Å². The summed E-state index contributed by atoms with van der Waals surface area (Å²) in [5.74, 6) is -1.04. The molecule has 0 spiro atoms. The fraction of sp³-hybridized carbons (Fsp3) is 0.857. The number of likely N-dealkylation sites (tertiary alicyclic amines) is 1. The van der Waals surface area contributed by atoms with E-state index in [4.69, 9.17) is 5.11 Å². The topological polar surface area (TPSA) is 81.1 Å². The van der Waals surface area contributed by atoms with Crippen molar-refractivity contribution in [2.45, 2.75) is 63.1 Å². The second-order valence-corrected chi connectivity index (χ2v) is 5.93. The predicted molar refractivity (Wildman–Crippen MR) is 73.4 cm³/mol. The second-order valence-electron chi connectivity index (χ2n) is 5.93. The Kier molecular flexibility index (Phi) is 4.86.